The zero-order valence-electron chi connectivity index (χ0n) is 15.8. The topological polar surface area (TPSA) is 81.4 Å². The predicted octanol–water partition coefficient (Wildman–Crippen LogP) is 3.06. The first-order valence-corrected chi connectivity index (χ1v) is 9.25. The summed E-state index contributed by atoms with van der Waals surface area (Å²) < 4.78 is 7.01. The van der Waals surface area contributed by atoms with Crippen LogP contribution in [-0.2, 0) is 6.42 Å². The number of amides is 1. The number of aryl methyl sites for hydroxylation is 1. The molecular formula is C20H23N5O2. The first-order chi connectivity index (χ1) is 13.1. The van der Waals surface area contributed by atoms with Crippen molar-refractivity contribution in [3.8, 4) is 5.75 Å². The molecule has 0 aliphatic heterocycles. The van der Waals surface area contributed by atoms with Crippen LogP contribution >= 0.6 is 0 Å². The molecule has 1 atom stereocenters. The second kappa shape index (κ2) is 6.98. The molecule has 140 valence electrons. The van der Waals surface area contributed by atoms with Gasteiger partial charge in [-0.3, -0.25) is 4.79 Å². The second-order valence-electron chi connectivity index (χ2n) is 7.18. The van der Waals surface area contributed by atoms with E-state index >= 15 is 0 Å². The highest BCUT2D eigenvalue weighted by Gasteiger charge is 2.24. The highest BCUT2D eigenvalue weighted by molar-refractivity contribution is 5.93. The van der Waals surface area contributed by atoms with Gasteiger partial charge in [-0.1, -0.05) is 19.9 Å². The van der Waals surface area contributed by atoms with E-state index < -0.39 is 0 Å². The summed E-state index contributed by atoms with van der Waals surface area (Å²) in [5, 5.41) is 7.35. The van der Waals surface area contributed by atoms with E-state index in [1.54, 1.807) is 17.7 Å². The number of carbonyl (C=O) groups excluding carboxylic acids is 1. The van der Waals surface area contributed by atoms with Crippen LogP contribution in [0.1, 0.15) is 66.0 Å². The highest BCUT2D eigenvalue weighted by Crippen LogP contribution is 2.32. The van der Waals surface area contributed by atoms with Crippen molar-refractivity contribution in [2.75, 3.05) is 7.11 Å². The summed E-state index contributed by atoms with van der Waals surface area (Å²) in [6.45, 7) is 4.12. The van der Waals surface area contributed by atoms with Crippen molar-refractivity contribution in [1.29, 1.82) is 0 Å². The van der Waals surface area contributed by atoms with Crippen LogP contribution < -0.4 is 10.1 Å². The molecule has 1 aliphatic rings. The zero-order chi connectivity index (χ0) is 19.0. The van der Waals surface area contributed by atoms with E-state index in [4.69, 9.17) is 4.74 Å². The Bertz CT molecular complexity index is 995. The molecule has 7 heteroatoms. The number of aromatic nitrogens is 4. The average molecular weight is 365 g/mol. The molecule has 1 N–H and O–H groups in total. The largest absolute Gasteiger partial charge is 0.497 e. The monoisotopic (exact) mass is 365 g/mol. The molecule has 27 heavy (non-hydrogen) atoms. The third-order valence-electron chi connectivity index (χ3n) is 5.07. The first kappa shape index (κ1) is 17.5. The van der Waals surface area contributed by atoms with Crippen molar-refractivity contribution >= 4 is 11.7 Å². The Labute approximate surface area is 157 Å². The smallest absolute Gasteiger partial charge is 0.270 e. The van der Waals surface area contributed by atoms with E-state index in [9.17, 15) is 4.79 Å². The molecule has 0 spiro atoms. The SMILES string of the molecule is COc1ccc2c(c1)CCCC2NC(=O)c1cc(C(C)C)n2ncnc2n1. The van der Waals surface area contributed by atoms with Crippen molar-refractivity contribution in [3.05, 3.63) is 53.1 Å². The van der Waals surface area contributed by atoms with Gasteiger partial charge in [-0.15, -0.1) is 0 Å². The zero-order valence-corrected chi connectivity index (χ0v) is 15.8. The summed E-state index contributed by atoms with van der Waals surface area (Å²) in [4.78, 5) is 21.5. The Hall–Kier alpha value is -2.96. The van der Waals surface area contributed by atoms with Crippen molar-refractivity contribution in [2.24, 2.45) is 0 Å². The summed E-state index contributed by atoms with van der Waals surface area (Å²) in [6.07, 6.45) is 4.40. The van der Waals surface area contributed by atoms with Crippen LogP contribution in [-0.4, -0.2) is 32.6 Å². The minimum atomic E-state index is -0.184. The third kappa shape index (κ3) is 3.25. The van der Waals surface area contributed by atoms with E-state index in [-0.39, 0.29) is 17.9 Å². The quantitative estimate of drug-likeness (QED) is 0.768. The van der Waals surface area contributed by atoms with E-state index in [0.717, 1.165) is 36.3 Å². The van der Waals surface area contributed by atoms with Gasteiger partial charge in [0, 0.05) is 0 Å². The van der Waals surface area contributed by atoms with Gasteiger partial charge in [-0.2, -0.15) is 10.1 Å². The molecule has 0 radical (unpaired) electrons. The lowest BCUT2D eigenvalue weighted by molar-refractivity contribution is 0.0927. The van der Waals surface area contributed by atoms with E-state index in [1.807, 2.05) is 12.1 Å². The molecule has 0 bridgehead atoms. The molecule has 0 saturated heterocycles. The highest BCUT2D eigenvalue weighted by atomic mass is 16.5. The summed E-state index contributed by atoms with van der Waals surface area (Å²) >= 11 is 0. The molecule has 1 aliphatic carbocycles. The minimum absolute atomic E-state index is 0.0226. The Morgan fingerprint density at radius 1 is 1.33 bits per heavy atom. The van der Waals surface area contributed by atoms with Gasteiger partial charge in [0.05, 0.1) is 18.8 Å². The maximum atomic E-state index is 12.9. The summed E-state index contributed by atoms with van der Waals surface area (Å²) in [7, 11) is 1.67. The first-order valence-electron chi connectivity index (χ1n) is 9.25. The normalized spacial score (nSPS) is 16.4. The van der Waals surface area contributed by atoms with Gasteiger partial charge in [-0.05, 0) is 54.5 Å². The van der Waals surface area contributed by atoms with Gasteiger partial charge in [0.15, 0.2) is 0 Å². The standard InChI is InChI=1S/C20H23N5O2/c1-12(2)18-10-17(24-20-21-11-22-25(18)20)19(26)23-16-6-4-5-13-9-14(27-3)7-8-15(13)16/h7-12,16H,4-6H2,1-3H3,(H,23,26). The maximum absolute atomic E-state index is 12.9. The van der Waals surface area contributed by atoms with Gasteiger partial charge in [-0.25, -0.2) is 9.50 Å². The summed E-state index contributed by atoms with van der Waals surface area (Å²) in [6, 6.07) is 7.84. The van der Waals surface area contributed by atoms with Crippen LogP contribution in [0.4, 0.5) is 0 Å². The lowest BCUT2D eigenvalue weighted by atomic mass is 9.87. The number of benzene rings is 1. The van der Waals surface area contributed by atoms with Gasteiger partial charge in [0.1, 0.15) is 17.8 Å². The van der Waals surface area contributed by atoms with Gasteiger partial charge in [0.25, 0.3) is 11.7 Å². The molecule has 2 heterocycles. The lowest BCUT2D eigenvalue weighted by Gasteiger charge is -2.26. The van der Waals surface area contributed by atoms with E-state index in [2.05, 4.69) is 40.3 Å². The molecular weight excluding hydrogens is 342 g/mol. The average Bonchev–Trinajstić information content (AvgIpc) is 3.15. The molecule has 2 aromatic heterocycles. The number of hydrogen-bond acceptors (Lipinski definition) is 5. The van der Waals surface area contributed by atoms with Gasteiger partial charge < -0.3 is 10.1 Å². The van der Waals surface area contributed by atoms with Crippen LogP contribution in [0.2, 0.25) is 0 Å². The number of methoxy groups -OCH3 is 1. The molecule has 3 aromatic rings. The van der Waals surface area contributed by atoms with E-state index in [1.165, 1.54) is 11.9 Å². The molecule has 1 amide bonds. The molecule has 0 saturated carbocycles. The Morgan fingerprint density at radius 2 is 2.19 bits per heavy atom. The number of nitrogens with zero attached hydrogens (tertiary/aromatic N) is 4. The maximum Gasteiger partial charge on any atom is 0.270 e. The summed E-state index contributed by atoms with van der Waals surface area (Å²) in [5.74, 6) is 1.31. The predicted molar refractivity (Wildman–Crippen MR) is 101 cm³/mol. The Kier molecular flexibility index (Phi) is 4.51. The van der Waals surface area contributed by atoms with Gasteiger partial charge >= 0.3 is 0 Å². The second-order valence-corrected chi connectivity index (χ2v) is 7.18. The Balaban J connectivity index is 1.63. The van der Waals surface area contributed by atoms with Crippen LogP contribution in [0.3, 0.4) is 0 Å². The number of carbonyl (C=O) groups is 1. The number of nitrogens with one attached hydrogen (secondary N) is 1. The number of ether oxygens (including phenoxy) is 1. The molecule has 1 aromatic carbocycles. The van der Waals surface area contributed by atoms with Crippen LogP contribution in [0, 0.1) is 0 Å². The molecule has 0 fully saturated rings. The van der Waals surface area contributed by atoms with Crippen molar-refractivity contribution < 1.29 is 9.53 Å². The van der Waals surface area contributed by atoms with Crippen LogP contribution in [0.5, 0.6) is 5.75 Å². The lowest BCUT2D eigenvalue weighted by Crippen LogP contribution is -2.32. The minimum Gasteiger partial charge on any atom is -0.497 e. The fourth-order valence-electron chi connectivity index (χ4n) is 3.66. The molecule has 4 rings (SSSR count). The van der Waals surface area contributed by atoms with Crippen LogP contribution in [0.25, 0.3) is 5.78 Å². The third-order valence-corrected chi connectivity index (χ3v) is 5.07. The van der Waals surface area contributed by atoms with E-state index in [0.29, 0.717) is 11.5 Å². The molecule has 1 unspecified atom stereocenters. The number of rotatable bonds is 4. The number of fused-ring (bicyclic) bond motifs is 2. The Morgan fingerprint density at radius 3 is 2.96 bits per heavy atom. The number of hydrogen-bond donors (Lipinski definition) is 1. The van der Waals surface area contributed by atoms with Crippen molar-refractivity contribution in [2.45, 2.75) is 45.1 Å². The summed E-state index contributed by atoms with van der Waals surface area (Å²) in [5.41, 5.74) is 3.67. The fraction of sp³-hybridized carbons (Fsp3) is 0.400. The van der Waals surface area contributed by atoms with Crippen molar-refractivity contribution in [3.63, 3.8) is 0 Å². The fourth-order valence-corrected chi connectivity index (χ4v) is 3.66. The van der Waals surface area contributed by atoms with Crippen LogP contribution in [0.15, 0.2) is 30.6 Å². The van der Waals surface area contributed by atoms with Crippen molar-refractivity contribution in [1.82, 2.24) is 24.9 Å². The molecule has 7 nitrogen and oxygen atoms in total. The van der Waals surface area contributed by atoms with Gasteiger partial charge in [0.2, 0.25) is 0 Å².